The summed E-state index contributed by atoms with van der Waals surface area (Å²) in [5.41, 5.74) is 5.19. The van der Waals surface area contributed by atoms with Crippen LogP contribution < -0.4 is 0 Å². The van der Waals surface area contributed by atoms with E-state index in [-0.39, 0.29) is 0 Å². The highest BCUT2D eigenvalue weighted by molar-refractivity contribution is 6.30. The van der Waals surface area contributed by atoms with Gasteiger partial charge in [-0.05, 0) is 79.9 Å². The van der Waals surface area contributed by atoms with Gasteiger partial charge in [0.05, 0.1) is 0 Å². The summed E-state index contributed by atoms with van der Waals surface area (Å²) in [5, 5.41) is 1.97. The van der Waals surface area contributed by atoms with Crippen LogP contribution in [0.25, 0.3) is 22.0 Å². The van der Waals surface area contributed by atoms with Crippen LogP contribution in [0.15, 0.2) is 73.1 Å². The molecule has 1 aliphatic heterocycles. The molecule has 0 saturated carbocycles. The Morgan fingerprint density at radius 1 is 0.839 bits per heavy atom. The van der Waals surface area contributed by atoms with Crippen molar-refractivity contribution >= 4 is 22.5 Å². The van der Waals surface area contributed by atoms with Gasteiger partial charge >= 0.3 is 0 Å². The molecule has 0 N–H and O–H groups in total. The van der Waals surface area contributed by atoms with Crippen molar-refractivity contribution in [2.24, 2.45) is 0 Å². The summed E-state index contributed by atoms with van der Waals surface area (Å²) in [6.45, 7) is 4.66. The number of rotatable bonds is 4. The quantitative estimate of drug-likeness (QED) is 0.382. The average Bonchev–Trinajstić information content (AvgIpc) is 3.47. The SMILES string of the molecule is Clc1ccc(-c2ccc(C#Cc3ccc4c(ccn4CCN4CCCC4)c3)nc2)cc1. The topological polar surface area (TPSA) is 21.1 Å². The van der Waals surface area contributed by atoms with Crippen molar-refractivity contribution in [1.82, 2.24) is 14.5 Å². The third-order valence-electron chi connectivity index (χ3n) is 5.90. The Kier molecular flexibility index (Phi) is 5.76. The van der Waals surface area contributed by atoms with E-state index in [1.165, 1.54) is 36.8 Å². The van der Waals surface area contributed by atoms with Crippen LogP contribution in [-0.4, -0.2) is 34.1 Å². The van der Waals surface area contributed by atoms with Crippen molar-refractivity contribution < 1.29 is 0 Å². The van der Waals surface area contributed by atoms with E-state index in [1.807, 2.05) is 42.6 Å². The summed E-state index contributed by atoms with van der Waals surface area (Å²) in [6.07, 6.45) is 6.73. The number of likely N-dealkylation sites (tertiary alicyclic amines) is 1. The molecule has 0 atom stereocenters. The van der Waals surface area contributed by atoms with Gasteiger partial charge in [-0.15, -0.1) is 0 Å². The third-order valence-corrected chi connectivity index (χ3v) is 6.15. The van der Waals surface area contributed by atoms with E-state index in [4.69, 9.17) is 11.6 Å². The summed E-state index contributed by atoms with van der Waals surface area (Å²) in [6, 6.07) is 20.4. The zero-order valence-electron chi connectivity index (χ0n) is 17.4. The molecule has 0 aliphatic carbocycles. The predicted molar refractivity (Wildman–Crippen MR) is 128 cm³/mol. The lowest BCUT2D eigenvalue weighted by atomic mass is 10.1. The van der Waals surface area contributed by atoms with Gasteiger partial charge in [-0.1, -0.05) is 35.7 Å². The molecule has 2 aromatic heterocycles. The second-order valence-electron chi connectivity index (χ2n) is 8.02. The zero-order valence-corrected chi connectivity index (χ0v) is 18.1. The molecule has 5 rings (SSSR count). The van der Waals surface area contributed by atoms with Gasteiger partial charge in [0.15, 0.2) is 0 Å². The minimum Gasteiger partial charge on any atom is -0.346 e. The molecule has 3 heterocycles. The fourth-order valence-corrected chi connectivity index (χ4v) is 4.27. The van der Waals surface area contributed by atoms with Crippen LogP contribution in [0.5, 0.6) is 0 Å². The third kappa shape index (κ3) is 4.66. The summed E-state index contributed by atoms with van der Waals surface area (Å²) in [5.74, 6) is 6.45. The highest BCUT2D eigenvalue weighted by atomic mass is 35.5. The molecule has 1 fully saturated rings. The Hall–Kier alpha value is -3.06. The van der Waals surface area contributed by atoms with E-state index in [0.29, 0.717) is 0 Å². The molecule has 1 aliphatic rings. The molecule has 154 valence electrons. The maximum absolute atomic E-state index is 5.97. The van der Waals surface area contributed by atoms with Crippen LogP contribution >= 0.6 is 11.6 Å². The van der Waals surface area contributed by atoms with E-state index in [0.717, 1.165) is 40.5 Å². The first-order valence-electron chi connectivity index (χ1n) is 10.8. The summed E-state index contributed by atoms with van der Waals surface area (Å²) < 4.78 is 2.35. The van der Waals surface area contributed by atoms with Gasteiger partial charge in [-0.2, -0.15) is 0 Å². The smallest absolute Gasteiger partial charge is 0.113 e. The van der Waals surface area contributed by atoms with Crippen molar-refractivity contribution in [2.75, 3.05) is 19.6 Å². The Bertz CT molecular complexity index is 1240. The number of fused-ring (bicyclic) bond motifs is 1. The Labute approximate surface area is 188 Å². The van der Waals surface area contributed by atoms with Crippen molar-refractivity contribution in [3.63, 3.8) is 0 Å². The molecule has 4 heteroatoms. The van der Waals surface area contributed by atoms with Gasteiger partial charge in [0, 0.05) is 52.5 Å². The largest absolute Gasteiger partial charge is 0.346 e. The van der Waals surface area contributed by atoms with Gasteiger partial charge in [-0.25, -0.2) is 4.98 Å². The lowest BCUT2D eigenvalue weighted by molar-refractivity contribution is 0.324. The van der Waals surface area contributed by atoms with E-state index in [9.17, 15) is 0 Å². The van der Waals surface area contributed by atoms with Crippen molar-refractivity contribution in [3.8, 4) is 23.0 Å². The Morgan fingerprint density at radius 2 is 1.65 bits per heavy atom. The molecule has 31 heavy (non-hydrogen) atoms. The van der Waals surface area contributed by atoms with Gasteiger partial charge in [0.1, 0.15) is 5.69 Å². The monoisotopic (exact) mass is 425 g/mol. The zero-order chi connectivity index (χ0) is 21.0. The van der Waals surface area contributed by atoms with E-state index in [2.05, 4.69) is 56.8 Å². The number of aromatic nitrogens is 2. The second-order valence-corrected chi connectivity index (χ2v) is 8.46. The van der Waals surface area contributed by atoms with Crippen LogP contribution in [0, 0.1) is 11.8 Å². The molecule has 0 unspecified atom stereocenters. The maximum atomic E-state index is 5.97. The van der Waals surface area contributed by atoms with Crippen molar-refractivity contribution in [2.45, 2.75) is 19.4 Å². The molecule has 0 amide bonds. The van der Waals surface area contributed by atoms with Gasteiger partial charge in [0.2, 0.25) is 0 Å². The molecule has 0 spiro atoms. The first-order valence-corrected chi connectivity index (χ1v) is 11.2. The first kappa shape index (κ1) is 19.9. The number of halogens is 1. The standard InChI is InChI=1S/C27H24ClN3/c28-25-8-5-22(6-9-25)24-7-11-26(29-20-24)10-3-21-4-12-27-23(19-21)13-16-31(27)18-17-30-14-1-2-15-30/h4-9,11-13,16,19-20H,1-2,14-15,17-18H2. The molecular weight excluding hydrogens is 402 g/mol. The van der Waals surface area contributed by atoms with E-state index >= 15 is 0 Å². The number of nitrogens with zero attached hydrogens (tertiary/aromatic N) is 3. The highest BCUT2D eigenvalue weighted by Gasteiger charge is 2.11. The van der Waals surface area contributed by atoms with Crippen LogP contribution in [0.2, 0.25) is 5.02 Å². The van der Waals surface area contributed by atoms with Crippen LogP contribution in [0.4, 0.5) is 0 Å². The van der Waals surface area contributed by atoms with Gasteiger partial charge in [-0.3, -0.25) is 0 Å². The average molecular weight is 426 g/mol. The maximum Gasteiger partial charge on any atom is 0.113 e. The summed E-state index contributed by atoms with van der Waals surface area (Å²) in [4.78, 5) is 7.06. The number of hydrogen-bond donors (Lipinski definition) is 0. The summed E-state index contributed by atoms with van der Waals surface area (Å²) in [7, 11) is 0. The molecule has 4 aromatic rings. The highest BCUT2D eigenvalue weighted by Crippen LogP contribution is 2.21. The normalized spacial score (nSPS) is 14.0. The Balaban J connectivity index is 1.29. The number of benzene rings is 2. The lowest BCUT2D eigenvalue weighted by Crippen LogP contribution is -2.23. The predicted octanol–water partition coefficient (Wildman–Crippen LogP) is 5.85. The first-order chi connectivity index (χ1) is 15.2. The molecule has 0 radical (unpaired) electrons. The van der Waals surface area contributed by atoms with Crippen LogP contribution in [-0.2, 0) is 6.54 Å². The second kappa shape index (κ2) is 8.98. The molecule has 2 aromatic carbocycles. The lowest BCUT2D eigenvalue weighted by Gasteiger charge is -2.15. The molecule has 0 bridgehead atoms. The van der Waals surface area contributed by atoms with E-state index in [1.54, 1.807) is 0 Å². The van der Waals surface area contributed by atoms with Crippen LogP contribution in [0.3, 0.4) is 0 Å². The molecule has 3 nitrogen and oxygen atoms in total. The molecular formula is C27H24ClN3. The fraction of sp³-hybridized carbons (Fsp3) is 0.222. The Morgan fingerprint density at radius 3 is 2.42 bits per heavy atom. The van der Waals surface area contributed by atoms with Crippen LogP contribution in [0.1, 0.15) is 24.1 Å². The minimum absolute atomic E-state index is 0.734. The number of hydrogen-bond acceptors (Lipinski definition) is 2. The minimum atomic E-state index is 0.734. The van der Waals surface area contributed by atoms with Crippen molar-refractivity contribution in [3.05, 3.63) is 89.3 Å². The van der Waals surface area contributed by atoms with Gasteiger partial charge < -0.3 is 9.47 Å². The van der Waals surface area contributed by atoms with E-state index < -0.39 is 0 Å². The fourth-order valence-electron chi connectivity index (χ4n) is 4.15. The number of pyridine rings is 1. The summed E-state index contributed by atoms with van der Waals surface area (Å²) >= 11 is 5.97. The van der Waals surface area contributed by atoms with Gasteiger partial charge in [0.25, 0.3) is 0 Å². The molecule has 1 saturated heterocycles. The van der Waals surface area contributed by atoms with Crippen molar-refractivity contribution in [1.29, 1.82) is 0 Å².